The summed E-state index contributed by atoms with van der Waals surface area (Å²) in [7, 11) is 1.38. The molecule has 1 saturated heterocycles. The summed E-state index contributed by atoms with van der Waals surface area (Å²) in [5.41, 5.74) is 0.555. The molecule has 0 saturated carbocycles. The van der Waals surface area contributed by atoms with Crippen molar-refractivity contribution < 1.29 is 23.8 Å². The minimum absolute atomic E-state index is 0.130. The van der Waals surface area contributed by atoms with Gasteiger partial charge in [0.2, 0.25) is 0 Å². The molecule has 1 heterocycles. The van der Waals surface area contributed by atoms with E-state index >= 15 is 0 Å². The highest BCUT2D eigenvalue weighted by molar-refractivity contribution is 5.96. The van der Waals surface area contributed by atoms with Gasteiger partial charge >= 0.3 is 5.97 Å². The molecule has 0 aliphatic carbocycles. The molecule has 1 aromatic carbocycles. The lowest BCUT2D eigenvalue weighted by atomic mass is 10.1. The molecule has 0 spiro atoms. The van der Waals surface area contributed by atoms with Gasteiger partial charge in [-0.05, 0) is 25.1 Å². The van der Waals surface area contributed by atoms with Crippen LogP contribution in [0.4, 0.5) is 10.1 Å². The number of nitrogens with zero attached hydrogens (tertiary/aromatic N) is 2. The lowest BCUT2D eigenvalue weighted by molar-refractivity contribution is -0.141. The third kappa shape index (κ3) is 3.36. The van der Waals surface area contributed by atoms with Gasteiger partial charge in [-0.1, -0.05) is 0 Å². The molecular formula is C15H19FN2O4. The van der Waals surface area contributed by atoms with E-state index in [4.69, 9.17) is 9.84 Å². The number of carboxylic acids is 1. The van der Waals surface area contributed by atoms with E-state index in [2.05, 4.69) is 0 Å². The Morgan fingerprint density at radius 2 is 2.00 bits per heavy atom. The first-order valence-electron chi connectivity index (χ1n) is 7.04. The number of carbonyl (C=O) groups excluding carboxylic acids is 1. The number of anilines is 1. The maximum Gasteiger partial charge on any atom is 0.326 e. The van der Waals surface area contributed by atoms with Crippen LogP contribution in [0, 0.1) is 5.82 Å². The van der Waals surface area contributed by atoms with Gasteiger partial charge in [0.05, 0.1) is 18.9 Å². The smallest absolute Gasteiger partial charge is 0.326 e. The number of carboxylic acid groups (broad SMARTS) is 1. The van der Waals surface area contributed by atoms with Gasteiger partial charge in [0.1, 0.15) is 11.9 Å². The zero-order valence-corrected chi connectivity index (χ0v) is 12.6. The number of halogens is 1. The van der Waals surface area contributed by atoms with Crippen LogP contribution in [0.2, 0.25) is 0 Å². The Labute approximate surface area is 128 Å². The average molecular weight is 310 g/mol. The van der Waals surface area contributed by atoms with Crippen molar-refractivity contribution in [1.82, 2.24) is 4.90 Å². The van der Waals surface area contributed by atoms with Crippen molar-refractivity contribution in [2.24, 2.45) is 0 Å². The van der Waals surface area contributed by atoms with E-state index in [-0.39, 0.29) is 5.56 Å². The normalized spacial score (nSPS) is 16.2. The molecule has 1 fully saturated rings. The van der Waals surface area contributed by atoms with E-state index in [0.717, 1.165) is 11.0 Å². The van der Waals surface area contributed by atoms with E-state index in [9.17, 15) is 14.0 Å². The predicted molar refractivity (Wildman–Crippen MR) is 78.6 cm³/mol. The van der Waals surface area contributed by atoms with Crippen molar-refractivity contribution >= 4 is 17.6 Å². The van der Waals surface area contributed by atoms with E-state index in [1.54, 1.807) is 6.07 Å². The SMILES string of the molecule is CC(C(=O)O)N(C)C(=O)c1ccc(N2CCOCC2)c(F)c1. The van der Waals surface area contributed by atoms with Gasteiger partial charge < -0.3 is 19.6 Å². The summed E-state index contributed by atoms with van der Waals surface area (Å²) in [6, 6.07) is 3.24. The number of aliphatic carboxylic acids is 1. The standard InChI is InChI=1S/C15H19FN2O4/c1-10(15(20)21)17(2)14(19)11-3-4-13(12(16)9-11)18-5-7-22-8-6-18/h3-4,9-10H,5-8H2,1-2H3,(H,20,21). The molecule has 1 amide bonds. The average Bonchev–Trinajstić information content (AvgIpc) is 2.53. The van der Waals surface area contributed by atoms with Crippen molar-refractivity contribution in [2.75, 3.05) is 38.3 Å². The van der Waals surface area contributed by atoms with Gasteiger partial charge in [0.15, 0.2) is 0 Å². The van der Waals surface area contributed by atoms with Crippen molar-refractivity contribution in [1.29, 1.82) is 0 Å². The fraction of sp³-hybridized carbons (Fsp3) is 0.467. The summed E-state index contributed by atoms with van der Waals surface area (Å²) in [6.07, 6.45) is 0. The largest absolute Gasteiger partial charge is 0.480 e. The number of carbonyl (C=O) groups is 2. The van der Waals surface area contributed by atoms with Crippen LogP contribution in [0.1, 0.15) is 17.3 Å². The quantitative estimate of drug-likeness (QED) is 0.905. The van der Waals surface area contributed by atoms with Crippen LogP contribution in [0.25, 0.3) is 0 Å². The Morgan fingerprint density at radius 3 is 2.55 bits per heavy atom. The summed E-state index contributed by atoms with van der Waals surface area (Å²) >= 11 is 0. The van der Waals surface area contributed by atoms with Crippen LogP contribution in [0.5, 0.6) is 0 Å². The summed E-state index contributed by atoms with van der Waals surface area (Å²) < 4.78 is 19.5. The van der Waals surface area contributed by atoms with Gasteiger partial charge in [-0.3, -0.25) is 4.79 Å². The van der Waals surface area contributed by atoms with Crippen molar-refractivity contribution in [2.45, 2.75) is 13.0 Å². The molecule has 120 valence electrons. The summed E-state index contributed by atoms with van der Waals surface area (Å²) in [6.45, 7) is 3.68. The number of ether oxygens (including phenoxy) is 1. The third-order valence-corrected chi connectivity index (χ3v) is 3.81. The molecule has 0 bridgehead atoms. The molecule has 7 heteroatoms. The van der Waals surface area contributed by atoms with Gasteiger partial charge in [0, 0.05) is 25.7 Å². The van der Waals surface area contributed by atoms with Crippen LogP contribution in [-0.2, 0) is 9.53 Å². The number of hydrogen-bond acceptors (Lipinski definition) is 4. The topological polar surface area (TPSA) is 70.1 Å². The zero-order chi connectivity index (χ0) is 16.3. The Bertz CT molecular complexity index is 573. The number of amides is 1. The van der Waals surface area contributed by atoms with Crippen LogP contribution >= 0.6 is 0 Å². The summed E-state index contributed by atoms with van der Waals surface area (Å²) in [5, 5.41) is 8.93. The molecule has 1 atom stereocenters. The Balaban J connectivity index is 2.18. The molecule has 1 aromatic rings. The van der Waals surface area contributed by atoms with Crippen LogP contribution in [0.15, 0.2) is 18.2 Å². The van der Waals surface area contributed by atoms with Gasteiger partial charge in [0.25, 0.3) is 5.91 Å². The molecule has 0 aromatic heterocycles. The van der Waals surface area contributed by atoms with Crippen LogP contribution in [0.3, 0.4) is 0 Å². The van der Waals surface area contributed by atoms with Gasteiger partial charge in [-0.25, -0.2) is 9.18 Å². The molecule has 6 nitrogen and oxygen atoms in total. The number of rotatable bonds is 4. The number of hydrogen-bond donors (Lipinski definition) is 1. The maximum absolute atomic E-state index is 14.2. The number of morpholine rings is 1. The van der Waals surface area contributed by atoms with Crippen LogP contribution < -0.4 is 4.90 Å². The van der Waals surface area contributed by atoms with Crippen molar-refractivity contribution in [3.8, 4) is 0 Å². The maximum atomic E-state index is 14.2. The second kappa shape index (κ2) is 6.74. The summed E-state index contributed by atoms with van der Waals surface area (Å²) in [5.74, 6) is -2.13. The molecule has 1 N–H and O–H groups in total. The molecular weight excluding hydrogens is 291 g/mol. The lowest BCUT2D eigenvalue weighted by Crippen LogP contribution is -2.40. The van der Waals surface area contributed by atoms with Crippen molar-refractivity contribution in [3.05, 3.63) is 29.6 Å². The molecule has 22 heavy (non-hydrogen) atoms. The minimum atomic E-state index is -1.11. The zero-order valence-electron chi connectivity index (χ0n) is 12.6. The molecule has 1 unspecified atom stereocenters. The highest BCUT2D eigenvalue weighted by Gasteiger charge is 2.24. The van der Waals surface area contributed by atoms with E-state index < -0.39 is 23.7 Å². The van der Waals surface area contributed by atoms with Crippen LogP contribution in [-0.4, -0.2) is 61.3 Å². The molecule has 2 rings (SSSR count). The highest BCUT2D eigenvalue weighted by Crippen LogP contribution is 2.22. The number of benzene rings is 1. The minimum Gasteiger partial charge on any atom is -0.480 e. The van der Waals surface area contributed by atoms with Crippen molar-refractivity contribution in [3.63, 3.8) is 0 Å². The monoisotopic (exact) mass is 310 g/mol. The predicted octanol–water partition coefficient (Wildman–Crippen LogP) is 1.21. The van der Waals surface area contributed by atoms with E-state index in [0.29, 0.717) is 32.0 Å². The third-order valence-electron chi connectivity index (χ3n) is 3.81. The first-order chi connectivity index (χ1) is 10.4. The summed E-state index contributed by atoms with van der Waals surface area (Å²) in [4.78, 5) is 26.0. The second-order valence-electron chi connectivity index (χ2n) is 5.20. The lowest BCUT2D eigenvalue weighted by Gasteiger charge is -2.29. The molecule has 1 aliphatic heterocycles. The second-order valence-corrected chi connectivity index (χ2v) is 5.20. The Kier molecular flexibility index (Phi) is 4.97. The fourth-order valence-corrected chi connectivity index (χ4v) is 2.25. The molecule has 1 aliphatic rings. The highest BCUT2D eigenvalue weighted by atomic mass is 19.1. The van der Waals surface area contributed by atoms with Gasteiger partial charge in [-0.2, -0.15) is 0 Å². The Hall–Kier alpha value is -2.15. The first-order valence-corrected chi connectivity index (χ1v) is 7.04. The van der Waals surface area contributed by atoms with Gasteiger partial charge in [-0.15, -0.1) is 0 Å². The van der Waals surface area contributed by atoms with E-state index in [1.165, 1.54) is 20.0 Å². The number of likely N-dealkylation sites (N-methyl/N-ethyl adjacent to an activating group) is 1. The fourth-order valence-electron chi connectivity index (χ4n) is 2.25. The first kappa shape index (κ1) is 16.2. The molecule has 0 radical (unpaired) electrons. The Morgan fingerprint density at radius 1 is 1.36 bits per heavy atom. The van der Waals surface area contributed by atoms with E-state index in [1.807, 2.05) is 4.90 Å².